The molecule has 2 aliphatic carbocycles. The minimum atomic E-state index is -0.581. The van der Waals surface area contributed by atoms with Gasteiger partial charge in [0.2, 0.25) is 0 Å². The van der Waals surface area contributed by atoms with E-state index in [4.69, 9.17) is 4.74 Å². The van der Waals surface area contributed by atoms with Crippen molar-refractivity contribution in [1.29, 1.82) is 0 Å². The van der Waals surface area contributed by atoms with E-state index in [0.717, 1.165) is 19.3 Å². The van der Waals surface area contributed by atoms with Crippen LogP contribution in [0.4, 0.5) is 0 Å². The van der Waals surface area contributed by atoms with E-state index in [0.29, 0.717) is 6.42 Å². The molecule has 1 aliphatic heterocycles. The van der Waals surface area contributed by atoms with Crippen LogP contribution in [-0.2, 0) is 14.3 Å². The van der Waals surface area contributed by atoms with Crippen LogP contribution >= 0.6 is 0 Å². The van der Waals surface area contributed by atoms with Crippen molar-refractivity contribution in [3.8, 4) is 0 Å². The van der Waals surface area contributed by atoms with E-state index in [1.165, 1.54) is 12.0 Å². The lowest BCUT2D eigenvalue weighted by Gasteiger charge is -2.39. The fourth-order valence-electron chi connectivity index (χ4n) is 3.52. The Morgan fingerprint density at radius 2 is 2.19 bits per heavy atom. The Bertz CT molecular complexity index is 396. The average Bonchev–Trinajstić information content (AvgIpc) is 2.50. The van der Waals surface area contributed by atoms with E-state index in [1.54, 1.807) is 0 Å². The Morgan fingerprint density at radius 1 is 1.38 bits per heavy atom. The molecule has 3 aliphatic rings. The highest BCUT2D eigenvalue weighted by molar-refractivity contribution is 5.99. The molecule has 2 fully saturated rings. The highest BCUT2D eigenvalue weighted by atomic mass is 16.6. The molecule has 3 rings (SSSR count). The lowest BCUT2D eigenvalue weighted by atomic mass is 9.61. The van der Waals surface area contributed by atoms with Crippen LogP contribution in [0.2, 0.25) is 0 Å². The lowest BCUT2D eigenvalue weighted by Crippen LogP contribution is -2.40. The monoisotopic (exact) mass is 220 g/mol. The molecule has 1 saturated carbocycles. The molecule has 16 heavy (non-hydrogen) atoms. The molecule has 0 spiro atoms. The Labute approximate surface area is 94.8 Å². The van der Waals surface area contributed by atoms with E-state index in [9.17, 15) is 9.59 Å². The number of ether oxygens (including phenoxy) is 1. The first-order chi connectivity index (χ1) is 7.63. The summed E-state index contributed by atoms with van der Waals surface area (Å²) in [5.74, 6) is -0.542. The predicted molar refractivity (Wildman–Crippen MR) is 57.4 cm³/mol. The third kappa shape index (κ3) is 1.14. The van der Waals surface area contributed by atoms with Crippen LogP contribution < -0.4 is 0 Å². The van der Waals surface area contributed by atoms with Gasteiger partial charge in [-0.3, -0.25) is 9.59 Å². The van der Waals surface area contributed by atoms with Gasteiger partial charge in [0.05, 0.1) is 11.3 Å². The number of hydrogen-bond donors (Lipinski definition) is 0. The lowest BCUT2D eigenvalue weighted by molar-refractivity contribution is -0.155. The molecule has 0 aromatic rings. The standard InChI is InChI=1S/C13H16O3/c1-13-7-6-8-4-2-3-5-9(8)10(13)11(14)16-12(13)15/h6,9-10H,2-5,7H2,1H3/t9-,10+,13+/m0/s1. The first-order valence-corrected chi connectivity index (χ1v) is 6.08. The quantitative estimate of drug-likeness (QED) is 0.357. The second-order valence-electron chi connectivity index (χ2n) is 5.44. The largest absolute Gasteiger partial charge is 0.392 e. The normalized spacial score (nSPS) is 42.2. The van der Waals surface area contributed by atoms with Gasteiger partial charge in [-0.1, -0.05) is 18.1 Å². The van der Waals surface area contributed by atoms with Gasteiger partial charge in [-0.05, 0) is 38.5 Å². The van der Waals surface area contributed by atoms with Crippen molar-refractivity contribution in [3.05, 3.63) is 11.6 Å². The van der Waals surface area contributed by atoms with Crippen LogP contribution in [0.15, 0.2) is 11.6 Å². The summed E-state index contributed by atoms with van der Waals surface area (Å²) in [7, 11) is 0. The molecule has 0 aromatic carbocycles. The number of hydrogen-bond acceptors (Lipinski definition) is 3. The van der Waals surface area contributed by atoms with Crippen molar-refractivity contribution in [2.24, 2.45) is 17.3 Å². The SMILES string of the molecule is C[C@@]12CC=C3CCCC[C@@H]3[C@@H]1C(=O)OC2=O. The van der Waals surface area contributed by atoms with Crippen LogP contribution in [0, 0.1) is 17.3 Å². The molecule has 1 heterocycles. The van der Waals surface area contributed by atoms with E-state index < -0.39 is 5.41 Å². The third-order valence-electron chi connectivity index (χ3n) is 4.50. The zero-order chi connectivity index (χ0) is 11.3. The number of allylic oxidation sites excluding steroid dienone is 2. The summed E-state index contributed by atoms with van der Waals surface area (Å²) >= 11 is 0. The smallest absolute Gasteiger partial charge is 0.320 e. The molecule has 3 atom stereocenters. The number of carbonyl (C=O) groups is 2. The van der Waals surface area contributed by atoms with E-state index >= 15 is 0 Å². The highest BCUT2D eigenvalue weighted by Crippen LogP contribution is 2.52. The number of fused-ring (bicyclic) bond motifs is 3. The molecule has 0 bridgehead atoms. The first-order valence-electron chi connectivity index (χ1n) is 6.08. The number of cyclic esters (lactones) is 2. The summed E-state index contributed by atoms with van der Waals surface area (Å²) < 4.78 is 4.85. The van der Waals surface area contributed by atoms with Crippen LogP contribution in [0.1, 0.15) is 39.0 Å². The maximum Gasteiger partial charge on any atom is 0.320 e. The average molecular weight is 220 g/mol. The Kier molecular flexibility index (Phi) is 2.00. The van der Waals surface area contributed by atoms with Crippen LogP contribution in [0.5, 0.6) is 0 Å². The third-order valence-corrected chi connectivity index (χ3v) is 4.50. The summed E-state index contributed by atoms with van der Waals surface area (Å²) in [6.07, 6.45) is 7.37. The zero-order valence-electron chi connectivity index (χ0n) is 9.49. The van der Waals surface area contributed by atoms with E-state index in [-0.39, 0.29) is 23.8 Å². The van der Waals surface area contributed by atoms with Crippen LogP contribution in [0.25, 0.3) is 0 Å². The highest BCUT2D eigenvalue weighted by Gasteiger charge is 2.58. The number of rotatable bonds is 0. The van der Waals surface area contributed by atoms with Crippen molar-refractivity contribution in [3.63, 3.8) is 0 Å². The Balaban J connectivity index is 2.04. The number of carbonyl (C=O) groups excluding carboxylic acids is 2. The van der Waals surface area contributed by atoms with Crippen molar-refractivity contribution >= 4 is 11.9 Å². The topological polar surface area (TPSA) is 43.4 Å². The van der Waals surface area contributed by atoms with Gasteiger partial charge in [-0.2, -0.15) is 0 Å². The fraction of sp³-hybridized carbons (Fsp3) is 0.692. The van der Waals surface area contributed by atoms with Crippen molar-refractivity contribution in [1.82, 2.24) is 0 Å². The second-order valence-corrected chi connectivity index (χ2v) is 5.44. The van der Waals surface area contributed by atoms with Gasteiger partial charge < -0.3 is 4.74 Å². The van der Waals surface area contributed by atoms with Crippen molar-refractivity contribution in [2.45, 2.75) is 39.0 Å². The van der Waals surface area contributed by atoms with Gasteiger partial charge in [0.25, 0.3) is 0 Å². The van der Waals surface area contributed by atoms with Gasteiger partial charge in [-0.25, -0.2) is 0 Å². The van der Waals surface area contributed by atoms with Gasteiger partial charge in [0, 0.05) is 0 Å². The Morgan fingerprint density at radius 3 is 3.00 bits per heavy atom. The van der Waals surface area contributed by atoms with E-state index in [1.807, 2.05) is 6.92 Å². The summed E-state index contributed by atoms with van der Waals surface area (Å²) in [4.78, 5) is 23.6. The summed E-state index contributed by atoms with van der Waals surface area (Å²) in [5.41, 5.74) is 0.808. The van der Waals surface area contributed by atoms with Gasteiger partial charge in [-0.15, -0.1) is 0 Å². The minimum Gasteiger partial charge on any atom is -0.392 e. The molecule has 0 N–H and O–H groups in total. The second kappa shape index (κ2) is 3.19. The van der Waals surface area contributed by atoms with Gasteiger partial charge in [0.1, 0.15) is 0 Å². The first kappa shape index (κ1) is 10.1. The Hall–Kier alpha value is -1.12. The molecule has 3 heteroatoms. The van der Waals surface area contributed by atoms with Crippen LogP contribution in [-0.4, -0.2) is 11.9 Å². The number of esters is 2. The summed E-state index contributed by atoms with van der Waals surface area (Å²) in [6, 6.07) is 0. The van der Waals surface area contributed by atoms with Crippen molar-refractivity contribution < 1.29 is 14.3 Å². The molecule has 0 unspecified atom stereocenters. The molecule has 1 saturated heterocycles. The molecular formula is C13H16O3. The van der Waals surface area contributed by atoms with Gasteiger partial charge in [0.15, 0.2) is 0 Å². The van der Waals surface area contributed by atoms with Gasteiger partial charge >= 0.3 is 11.9 Å². The fourth-order valence-corrected chi connectivity index (χ4v) is 3.52. The summed E-state index contributed by atoms with van der Waals surface area (Å²) in [6.45, 7) is 1.88. The van der Waals surface area contributed by atoms with E-state index in [2.05, 4.69) is 6.08 Å². The molecular weight excluding hydrogens is 204 g/mol. The maximum atomic E-state index is 11.8. The molecule has 0 radical (unpaired) electrons. The minimum absolute atomic E-state index is 0.208. The molecule has 3 nitrogen and oxygen atoms in total. The molecule has 0 aromatic heterocycles. The molecule has 0 amide bonds. The van der Waals surface area contributed by atoms with Crippen molar-refractivity contribution in [2.75, 3.05) is 0 Å². The summed E-state index contributed by atoms with van der Waals surface area (Å²) in [5, 5.41) is 0. The predicted octanol–water partition coefficient (Wildman–Crippen LogP) is 2.21. The zero-order valence-corrected chi connectivity index (χ0v) is 9.49. The molecule has 86 valence electrons. The van der Waals surface area contributed by atoms with Crippen LogP contribution in [0.3, 0.4) is 0 Å². The maximum absolute atomic E-state index is 11.8.